The third kappa shape index (κ3) is 3.18. The first-order valence-electron chi connectivity index (χ1n) is 4.63. The maximum absolute atomic E-state index is 11.8. The van der Waals surface area contributed by atoms with Crippen LogP contribution in [-0.4, -0.2) is 19.0 Å². The molecule has 1 aromatic rings. The lowest BCUT2D eigenvalue weighted by Crippen LogP contribution is -2.16. The second-order valence-electron chi connectivity index (χ2n) is 3.28. The Morgan fingerprint density at radius 2 is 1.72 bits per heavy atom. The predicted molar refractivity (Wildman–Crippen MR) is 94.6 cm³/mol. The van der Waals surface area contributed by atoms with Crippen molar-refractivity contribution in [1.29, 1.82) is 0 Å². The molecule has 8 heteroatoms. The molecule has 1 amide bonds. The quantitative estimate of drug-likeness (QED) is 0.318. The molecule has 0 unspecified atom stereocenters. The second-order valence-corrected chi connectivity index (χ2v) is 6.51. The van der Waals surface area contributed by atoms with Gasteiger partial charge in [-0.2, -0.15) is 0 Å². The van der Waals surface area contributed by atoms with Crippen LogP contribution in [0.3, 0.4) is 0 Å². The maximum Gasteiger partial charge on any atom is 0.340 e. The SMILES string of the molecule is COC(=O)c1c(I)c(N)c(I)c(NC(C)=O)c1I. The number of nitrogen functional groups attached to an aromatic ring is 1. The van der Waals surface area contributed by atoms with Gasteiger partial charge in [0.1, 0.15) is 0 Å². The summed E-state index contributed by atoms with van der Waals surface area (Å²) in [6.07, 6.45) is 0. The molecule has 0 radical (unpaired) electrons. The third-order valence-corrected chi connectivity index (χ3v) is 5.36. The summed E-state index contributed by atoms with van der Waals surface area (Å²) in [6, 6.07) is 0. The van der Waals surface area contributed by atoms with E-state index in [0.29, 0.717) is 27.6 Å². The van der Waals surface area contributed by atoms with Gasteiger partial charge in [0.15, 0.2) is 0 Å². The molecule has 0 spiro atoms. The number of ether oxygens (including phenoxy) is 1. The Labute approximate surface area is 145 Å². The van der Waals surface area contributed by atoms with Gasteiger partial charge in [-0.25, -0.2) is 4.79 Å². The first kappa shape index (κ1) is 16.2. The van der Waals surface area contributed by atoms with E-state index in [-0.39, 0.29) is 5.91 Å². The largest absolute Gasteiger partial charge is 0.465 e. The number of nitrogens with one attached hydrogen (secondary N) is 1. The minimum Gasteiger partial charge on any atom is -0.465 e. The number of carbonyl (C=O) groups excluding carboxylic acids is 2. The lowest BCUT2D eigenvalue weighted by atomic mass is 10.1. The molecule has 0 aliphatic carbocycles. The number of anilines is 2. The zero-order valence-corrected chi connectivity index (χ0v) is 15.9. The van der Waals surface area contributed by atoms with Crippen LogP contribution in [-0.2, 0) is 9.53 Å². The van der Waals surface area contributed by atoms with Crippen molar-refractivity contribution in [3.8, 4) is 0 Å². The standard InChI is InChI=1S/C10H9I3N2O3/c1-3(16)15-9-6(12)4(10(17)18-2)5(11)8(14)7(9)13/h14H2,1-2H3,(H,15,16). The minimum absolute atomic E-state index is 0.220. The zero-order valence-electron chi connectivity index (χ0n) is 9.44. The molecule has 0 saturated carbocycles. The van der Waals surface area contributed by atoms with Crippen LogP contribution in [0.2, 0.25) is 0 Å². The fourth-order valence-electron chi connectivity index (χ4n) is 1.25. The molecule has 1 aromatic carbocycles. The van der Waals surface area contributed by atoms with Crippen LogP contribution in [0.4, 0.5) is 11.4 Å². The Morgan fingerprint density at radius 1 is 1.17 bits per heavy atom. The number of hydrogen-bond acceptors (Lipinski definition) is 4. The van der Waals surface area contributed by atoms with Crippen molar-refractivity contribution in [2.45, 2.75) is 6.92 Å². The molecule has 0 saturated heterocycles. The number of nitrogens with two attached hydrogens (primary N) is 1. The van der Waals surface area contributed by atoms with Gasteiger partial charge in [-0.15, -0.1) is 0 Å². The number of benzene rings is 1. The van der Waals surface area contributed by atoms with Crippen LogP contribution < -0.4 is 11.1 Å². The van der Waals surface area contributed by atoms with Gasteiger partial charge < -0.3 is 15.8 Å². The van der Waals surface area contributed by atoms with Crippen LogP contribution in [0, 0.1) is 10.7 Å². The number of halogens is 3. The summed E-state index contributed by atoms with van der Waals surface area (Å²) in [5.41, 5.74) is 7.32. The normalized spacial score (nSPS) is 10.1. The predicted octanol–water partition coefficient (Wildman–Crippen LogP) is 2.83. The van der Waals surface area contributed by atoms with Gasteiger partial charge in [0, 0.05) is 6.92 Å². The smallest absolute Gasteiger partial charge is 0.340 e. The molecule has 0 aliphatic rings. The third-order valence-electron chi connectivity index (χ3n) is 2.04. The highest BCUT2D eigenvalue weighted by atomic mass is 127. The molecule has 0 fully saturated rings. The van der Waals surface area contributed by atoms with Crippen LogP contribution in [0.15, 0.2) is 0 Å². The van der Waals surface area contributed by atoms with Crippen molar-refractivity contribution in [1.82, 2.24) is 0 Å². The van der Waals surface area contributed by atoms with E-state index in [1.54, 1.807) is 0 Å². The van der Waals surface area contributed by atoms with Crippen molar-refractivity contribution in [3.63, 3.8) is 0 Å². The Balaban J connectivity index is 3.59. The minimum atomic E-state index is -0.474. The molecule has 1 rings (SSSR count). The molecule has 98 valence electrons. The van der Waals surface area contributed by atoms with Gasteiger partial charge in [-0.1, -0.05) is 0 Å². The summed E-state index contributed by atoms with van der Waals surface area (Å²) >= 11 is 6.04. The maximum atomic E-state index is 11.8. The number of carbonyl (C=O) groups is 2. The highest BCUT2D eigenvalue weighted by Crippen LogP contribution is 2.37. The highest BCUT2D eigenvalue weighted by Gasteiger charge is 2.24. The fraction of sp³-hybridized carbons (Fsp3) is 0.200. The van der Waals surface area contributed by atoms with Crippen molar-refractivity contribution >= 4 is 91.0 Å². The molecule has 0 atom stereocenters. The van der Waals surface area contributed by atoms with E-state index in [0.717, 1.165) is 0 Å². The molecule has 3 N–H and O–H groups in total. The lowest BCUT2D eigenvalue weighted by Gasteiger charge is -2.16. The topological polar surface area (TPSA) is 81.4 Å². The summed E-state index contributed by atoms with van der Waals surface area (Å²) in [6.45, 7) is 1.40. The Kier molecular flexibility index (Phi) is 5.89. The number of amides is 1. The molecule has 0 aromatic heterocycles. The first-order chi connectivity index (χ1) is 8.31. The van der Waals surface area contributed by atoms with Crippen molar-refractivity contribution in [2.24, 2.45) is 0 Å². The number of hydrogen-bond donors (Lipinski definition) is 2. The van der Waals surface area contributed by atoms with Gasteiger partial charge in [-0.3, -0.25) is 4.79 Å². The molecule has 0 heterocycles. The van der Waals surface area contributed by atoms with Crippen LogP contribution in [0.1, 0.15) is 17.3 Å². The van der Waals surface area contributed by atoms with Crippen molar-refractivity contribution in [2.75, 3.05) is 18.2 Å². The number of methoxy groups -OCH3 is 1. The van der Waals surface area contributed by atoms with Gasteiger partial charge in [-0.05, 0) is 67.8 Å². The Morgan fingerprint density at radius 3 is 2.17 bits per heavy atom. The van der Waals surface area contributed by atoms with E-state index in [1.807, 2.05) is 67.8 Å². The highest BCUT2D eigenvalue weighted by molar-refractivity contribution is 14.1. The van der Waals surface area contributed by atoms with E-state index >= 15 is 0 Å². The second kappa shape index (κ2) is 6.54. The van der Waals surface area contributed by atoms with Crippen molar-refractivity contribution < 1.29 is 14.3 Å². The molecular weight excluding hydrogens is 577 g/mol. The average molecular weight is 586 g/mol. The summed E-state index contributed by atoms with van der Waals surface area (Å²) in [5, 5.41) is 2.68. The summed E-state index contributed by atoms with van der Waals surface area (Å²) in [7, 11) is 1.31. The summed E-state index contributed by atoms with van der Waals surface area (Å²) < 4.78 is 6.70. The van der Waals surface area contributed by atoms with Crippen molar-refractivity contribution in [3.05, 3.63) is 16.3 Å². The molecule has 18 heavy (non-hydrogen) atoms. The average Bonchev–Trinajstić information content (AvgIpc) is 2.31. The fourth-order valence-corrected chi connectivity index (χ4v) is 5.13. The van der Waals surface area contributed by atoms with Gasteiger partial charge in [0.05, 0.1) is 34.8 Å². The number of esters is 1. The van der Waals surface area contributed by atoms with E-state index < -0.39 is 5.97 Å². The van der Waals surface area contributed by atoms with Crippen LogP contribution >= 0.6 is 67.8 Å². The van der Waals surface area contributed by atoms with E-state index in [1.165, 1.54) is 14.0 Å². The monoisotopic (exact) mass is 586 g/mol. The summed E-state index contributed by atoms with van der Waals surface area (Å²) in [5.74, 6) is -0.694. The Bertz CT molecular complexity index is 532. The summed E-state index contributed by atoms with van der Waals surface area (Å²) in [4.78, 5) is 22.9. The van der Waals surface area contributed by atoms with E-state index in [9.17, 15) is 9.59 Å². The molecule has 5 nitrogen and oxygen atoms in total. The van der Waals surface area contributed by atoms with E-state index in [4.69, 9.17) is 10.5 Å². The first-order valence-corrected chi connectivity index (χ1v) is 7.86. The van der Waals surface area contributed by atoms with E-state index in [2.05, 4.69) is 5.32 Å². The molecule has 0 bridgehead atoms. The van der Waals surface area contributed by atoms with Gasteiger partial charge >= 0.3 is 5.97 Å². The van der Waals surface area contributed by atoms with Gasteiger partial charge in [0.2, 0.25) is 5.91 Å². The molecular formula is C10H9I3N2O3. The van der Waals surface area contributed by atoms with Crippen LogP contribution in [0.25, 0.3) is 0 Å². The van der Waals surface area contributed by atoms with Gasteiger partial charge in [0.25, 0.3) is 0 Å². The lowest BCUT2D eigenvalue weighted by molar-refractivity contribution is -0.114. The number of rotatable bonds is 2. The molecule has 0 aliphatic heterocycles. The zero-order chi connectivity index (χ0) is 14.0. The van der Waals surface area contributed by atoms with Crippen LogP contribution in [0.5, 0.6) is 0 Å². The Hall–Kier alpha value is 0.150.